The molecule has 1 aliphatic heterocycles. The van der Waals surface area contributed by atoms with Gasteiger partial charge < -0.3 is 35.5 Å². The number of nitrogens with zero attached hydrogens (tertiary/aromatic N) is 4. The summed E-state index contributed by atoms with van der Waals surface area (Å²) in [6.45, 7) is 7.49. The zero-order chi connectivity index (χ0) is 31.7. The van der Waals surface area contributed by atoms with E-state index in [-0.39, 0.29) is 11.7 Å². The second-order valence-corrected chi connectivity index (χ2v) is 10.8. The molecule has 3 aromatic rings. The second-order valence-electron chi connectivity index (χ2n) is 10.8. The van der Waals surface area contributed by atoms with Crippen LogP contribution in [-0.2, 0) is 20.8 Å². The molecule has 2 aromatic carbocycles. The Morgan fingerprint density at radius 3 is 2.24 bits per heavy atom. The van der Waals surface area contributed by atoms with Gasteiger partial charge in [0.2, 0.25) is 17.8 Å². The number of carbonyl (C=O) groups is 2. The van der Waals surface area contributed by atoms with Crippen LogP contribution in [0.1, 0.15) is 73.9 Å². The van der Waals surface area contributed by atoms with Gasteiger partial charge in [0.25, 0.3) is 5.91 Å². The molecular weight excluding hydrogens is 572 g/mol. The van der Waals surface area contributed by atoms with Gasteiger partial charge in [0, 0.05) is 49.3 Å². The second kappa shape index (κ2) is 18.4. The molecule has 12 nitrogen and oxygen atoms in total. The van der Waals surface area contributed by atoms with E-state index in [9.17, 15) is 9.59 Å². The topological polar surface area (TPSA) is 152 Å². The van der Waals surface area contributed by atoms with Crippen molar-refractivity contribution in [2.24, 2.45) is 4.99 Å². The molecule has 0 radical (unpaired) electrons. The quantitative estimate of drug-likeness (QED) is 0.114. The Morgan fingerprint density at radius 1 is 0.778 bits per heavy atom. The highest BCUT2D eigenvalue weighted by Crippen LogP contribution is 2.23. The first kappa shape index (κ1) is 33.5. The maximum atomic E-state index is 12.5. The standard InChI is InChI=1S/C33H44N8O4/c1-3-4-5-6-15-35-30(43)25-9-12-28(13-10-25)37-32-39-31(36-16-18-45-20-19-44-17-7-8-24(2)42)40-33(41-32)38-29-14-11-26-22-34-23-27(26)21-29/h9-14,21,23H,3-8,15-20,22H2,1-2H3,(H,35,43)(H3,36,37,38,39,40,41). The van der Waals surface area contributed by atoms with E-state index in [1.807, 2.05) is 36.5 Å². The number of anilines is 5. The summed E-state index contributed by atoms with van der Waals surface area (Å²) in [6, 6.07) is 13.2. The van der Waals surface area contributed by atoms with Crippen molar-refractivity contribution in [3.63, 3.8) is 0 Å². The minimum absolute atomic E-state index is 0.0858. The molecule has 240 valence electrons. The Bertz CT molecular complexity index is 1410. The molecule has 0 atom stereocenters. The zero-order valence-electron chi connectivity index (χ0n) is 26.2. The Kier molecular flexibility index (Phi) is 13.7. The van der Waals surface area contributed by atoms with Gasteiger partial charge >= 0.3 is 0 Å². The summed E-state index contributed by atoms with van der Waals surface area (Å²) in [4.78, 5) is 41.5. The van der Waals surface area contributed by atoms with E-state index in [0.29, 0.717) is 75.9 Å². The summed E-state index contributed by atoms with van der Waals surface area (Å²) in [5.74, 6) is 1.16. The van der Waals surface area contributed by atoms with E-state index in [2.05, 4.69) is 48.1 Å². The third kappa shape index (κ3) is 11.9. The van der Waals surface area contributed by atoms with Crippen molar-refractivity contribution in [1.29, 1.82) is 0 Å². The molecule has 45 heavy (non-hydrogen) atoms. The van der Waals surface area contributed by atoms with Gasteiger partial charge in [0.15, 0.2) is 0 Å². The fraction of sp³-hybridized carbons (Fsp3) is 0.455. The summed E-state index contributed by atoms with van der Waals surface area (Å²) in [5, 5.41) is 12.7. The molecule has 4 rings (SSSR count). The number of aromatic nitrogens is 3. The van der Waals surface area contributed by atoms with E-state index in [4.69, 9.17) is 9.47 Å². The van der Waals surface area contributed by atoms with Gasteiger partial charge in [-0.3, -0.25) is 9.79 Å². The number of unbranched alkanes of at least 4 members (excludes halogenated alkanes) is 3. The lowest BCUT2D eigenvalue weighted by molar-refractivity contribution is -0.117. The zero-order valence-corrected chi connectivity index (χ0v) is 26.2. The minimum Gasteiger partial charge on any atom is -0.379 e. The Labute approximate surface area is 264 Å². The fourth-order valence-corrected chi connectivity index (χ4v) is 4.55. The van der Waals surface area contributed by atoms with E-state index in [0.717, 1.165) is 42.6 Å². The highest BCUT2D eigenvalue weighted by molar-refractivity contribution is 5.94. The highest BCUT2D eigenvalue weighted by atomic mass is 16.5. The molecule has 0 spiro atoms. The van der Waals surface area contributed by atoms with Crippen LogP contribution in [0.15, 0.2) is 47.5 Å². The van der Waals surface area contributed by atoms with Crippen molar-refractivity contribution in [1.82, 2.24) is 20.3 Å². The first-order valence-corrected chi connectivity index (χ1v) is 15.7. The summed E-state index contributed by atoms with van der Waals surface area (Å²) < 4.78 is 11.1. The van der Waals surface area contributed by atoms with E-state index in [1.165, 1.54) is 12.0 Å². The number of nitrogens with one attached hydrogen (secondary N) is 4. The predicted molar refractivity (Wildman–Crippen MR) is 177 cm³/mol. The van der Waals surface area contributed by atoms with Gasteiger partial charge in [-0.15, -0.1) is 0 Å². The molecule has 0 bridgehead atoms. The summed E-state index contributed by atoms with van der Waals surface area (Å²) in [6.07, 6.45) is 7.56. The molecule has 1 aromatic heterocycles. The summed E-state index contributed by atoms with van der Waals surface area (Å²) in [5.41, 5.74) is 4.41. The van der Waals surface area contributed by atoms with Gasteiger partial charge in [-0.05, 0) is 67.3 Å². The monoisotopic (exact) mass is 616 g/mol. The van der Waals surface area contributed by atoms with Gasteiger partial charge in [-0.2, -0.15) is 15.0 Å². The number of benzene rings is 2. The molecule has 0 saturated heterocycles. The van der Waals surface area contributed by atoms with Gasteiger partial charge in [0.1, 0.15) is 5.78 Å². The lowest BCUT2D eigenvalue weighted by Gasteiger charge is -2.12. The van der Waals surface area contributed by atoms with Crippen LogP contribution in [0.25, 0.3) is 0 Å². The maximum Gasteiger partial charge on any atom is 0.251 e. The lowest BCUT2D eigenvalue weighted by Crippen LogP contribution is -2.24. The number of amides is 1. The third-order valence-electron chi connectivity index (χ3n) is 6.97. The predicted octanol–water partition coefficient (Wildman–Crippen LogP) is 5.42. The molecule has 0 fully saturated rings. The van der Waals surface area contributed by atoms with Crippen molar-refractivity contribution < 1.29 is 19.1 Å². The number of hydrogen-bond donors (Lipinski definition) is 4. The van der Waals surface area contributed by atoms with E-state index in [1.54, 1.807) is 19.1 Å². The van der Waals surface area contributed by atoms with Crippen LogP contribution in [0.4, 0.5) is 29.2 Å². The number of Topliss-reactive ketones (excluding diaryl/α,β-unsaturated/α-hetero) is 1. The molecule has 1 aliphatic rings. The third-order valence-corrected chi connectivity index (χ3v) is 6.97. The van der Waals surface area contributed by atoms with Crippen LogP contribution >= 0.6 is 0 Å². The van der Waals surface area contributed by atoms with Gasteiger partial charge in [0.05, 0.1) is 26.4 Å². The van der Waals surface area contributed by atoms with Crippen molar-refractivity contribution >= 4 is 47.1 Å². The van der Waals surface area contributed by atoms with Crippen LogP contribution in [0, 0.1) is 0 Å². The average Bonchev–Trinajstić information content (AvgIpc) is 3.50. The highest BCUT2D eigenvalue weighted by Gasteiger charge is 2.11. The number of aliphatic imine (C=N–C) groups is 1. The summed E-state index contributed by atoms with van der Waals surface area (Å²) >= 11 is 0. The molecule has 0 unspecified atom stereocenters. The minimum atomic E-state index is -0.0858. The number of rotatable bonds is 21. The maximum absolute atomic E-state index is 12.5. The van der Waals surface area contributed by atoms with Crippen molar-refractivity contribution in [3.8, 4) is 0 Å². The number of ketones is 1. The van der Waals surface area contributed by atoms with Gasteiger partial charge in [-0.25, -0.2) is 0 Å². The first-order chi connectivity index (χ1) is 22.0. The first-order valence-electron chi connectivity index (χ1n) is 15.7. The Morgan fingerprint density at radius 2 is 1.49 bits per heavy atom. The Balaban J connectivity index is 1.33. The molecule has 0 saturated carbocycles. The summed E-state index contributed by atoms with van der Waals surface area (Å²) in [7, 11) is 0. The molecule has 1 amide bonds. The number of ether oxygens (including phenoxy) is 2. The largest absolute Gasteiger partial charge is 0.379 e. The molecular formula is C33H44N8O4. The van der Waals surface area contributed by atoms with Crippen LogP contribution in [0.2, 0.25) is 0 Å². The smallest absolute Gasteiger partial charge is 0.251 e. The average molecular weight is 617 g/mol. The van der Waals surface area contributed by atoms with Crippen molar-refractivity contribution in [2.45, 2.75) is 58.9 Å². The molecule has 12 heteroatoms. The number of hydrogen-bond acceptors (Lipinski definition) is 11. The number of carbonyl (C=O) groups excluding carboxylic acids is 2. The van der Waals surface area contributed by atoms with Gasteiger partial charge in [-0.1, -0.05) is 32.3 Å². The SMILES string of the molecule is CCCCCCNC(=O)c1ccc(Nc2nc(NCCOCCOCCCC(C)=O)nc(Nc3ccc4c(c3)C=NC4)n2)cc1. The molecule has 0 aliphatic carbocycles. The number of fused-ring (bicyclic) bond motifs is 1. The Hall–Kier alpha value is -4.42. The van der Waals surface area contributed by atoms with Crippen LogP contribution in [0.5, 0.6) is 0 Å². The van der Waals surface area contributed by atoms with E-state index < -0.39 is 0 Å². The van der Waals surface area contributed by atoms with Crippen LogP contribution < -0.4 is 21.3 Å². The molecule has 2 heterocycles. The fourth-order valence-electron chi connectivity index (χ4n) is 4.55. The normalized spacial score (nSPS) is 11.7. The molecule has 4 N–H and O–H groups in total. The lowest BCUT2D eigenvalue weighted by atomic mass is 10.1. The van der Waals surface area contributed by atoms with Crippen molar-refractivity contribution in [3.05, 3.63) is 59.2 Å². The van der Waals surface area contributed by atoms with Crippen LogP contribution in [0.3, 0.4) is 0 Å². The van der Waals surface area contributed by atoms with E-state index >= 15 is 0 Å². The van der Waals surface area contributed by atoms with Crippen molar-refractivity contribution in [2.75, 3.05) is 55.5 Å². The van der Waals surface area contributed by atoms with Crippen LogP contribution in [-0.4, -0.2) is 72.4 Å².